The van der Waals surface area contributed by atoms with Crippen LogP contribution in [0.4, 0.5) is 16.2 Å². The van der Waals surface area contributed by atoms with Crippen molar-refractivity contribution in [2.45, 2.75) is 45.2 Å². The van der Waals surface area contributed by atoms with Crippen molar-refractivity contribution in [3.8, 4) is 0 Å². The Morgan fingerprint density at radius 3 is 2.46 bits per heavy atom. The zero-order valence-corrected chi connectivity index (χ0v) is 16.7. The van der Waals surface area contributed by atoms with Gasteiger partial charge >= 0.3 is 0 Å². The van der Waals surface area contributed by atoms with Crippen molar-refractivity contribution in [3.05, 3.63) is 47.4 Å². The number of halogens is 1. The van der Waals surface area contributed by atoms with Crippen molar-refractivity contribution in [2.75, 3.05) is 24.3 Å². The molecular weight excluding hydrogens is 357 g/mol. The van der Waals surface area contributed by atoms with E-state index >= 15 is 0 Å². The van der Waals surface area contributed by atoms with Crippen LogP contribution in [0.15, 0.2) is 30.3 Å². The van der Waals surface area contributed by atoms with Gasteiger partial charge in [0.15, 0.2) is 0 Å². The van der Waals surface area contributed by atoms with E-state index in [-0.39, 0.29) is 23.7 Å². The van der Waals surface area contributed by atoms with E-state index in [1.807, 2.05) is 32.0 Å². The Morgan fingerprint density at radius 2 is 1.82 bits per heavy atom. The van der Waals surface area contributed by atoms with Crippen LogP contribution in [0.1, 0.15) is 36.9 Å². The molecule has 1 aliphatic carbocycles. The van der Waals surface area contributed by atoms with Crippen LogP contribution in [-0.4, -0.2) is 36.0 Å². The third-order valence-corrected chi connectivity index (χ3v) is 5.11. The lowest BCUT2D eigenvalue weighted by molar-refractivity contribution is -0.126. The quantitative estimate of drug-likeness (QED) is 0.799. The van der Waals surface area contributed by atoms with Crippen molar-refractivity contribution in [1.29, 1.82) is 0 Å². The Morgan fingerprint density at radius 1 is 1.14 bits per heavy atom. The summed E-state index contributed by atoms with van der Waals surface area (Å²) in [5.74, 6) is 1.35. The molecule has 6 nitrogen and oxygen atoms in total. The maximum absolute atomic E-state index is 12.9. The van der Waals surface area contributed by atoms with Gasteiger partial charge in [0, 0.05) is 44.4 Å². The highest BCUT2D eigenvalue weighted by atomic mass is 19.1. The van der Waals surface area contributed by atoms with Crippen molar-refractivity contribution in [1.82, 2.24) is 15.3 Å². The van der Waals surface area contributed by atoms with E-state index in [9.17, 15) is 9.18 Å². The second-order valence-electron chi connectivity index (χ2n) is 7.62. The van der Waals surface area contributed by atoms with Crippen LogP contribution < -0.4 is 15.5 Å². The second-order valence-corrected chi connectivity index (χ2v) is 7.62. The van der Waals surface area contributed by atoms with Crippen molar-refractivity contribution in [2.24, 2.45) is 5.92 Å². The lowest BCUT2D eigenvalue weighted by Gasteiger charge is -2.28. The summed E-state index contributed by atoms with van der Waals surface area (Å²) in [6, 6.07) is 8.44. The second kappa shape index (κ2) is 8.99. The molecule has 1 saturated carbocycles. The molecule has 7 heteroatoms. The van der Waals surface area contributed by atoms with Gasteiger partial charge in [-0.1, -0.05) is 12.1 Å². The molecule has 0 bridgehead atoms. The Kier molecular flexibility index (Phi) is 6.44. The minimum Gasteiger partial charge on any atom is -0.363 e. The summed E-state index contributed by atoms with van der Waals surface area (Å²) in [6.07, 6.45) is 3.48. The monoisotopic (exact) mass is 385 g/mol. The van der Waals surface area contributed by atoms with Gasteiger partial charge in [0.1, 0.15) is 11.6 Å². The summed E-state index contributed by atoms with van der Waals surface area (Å²) in [4.78, 5) is 23.4. The normalized spacial score (nSPS) is 19.1. The average Bonchev–Trinajstić information content (AvgIpc) is 2.67. The average molecular weight is 385 g/mol. The topological polar surface area (TPSA) is 70.2 Å². The Hall–Kier alpha value is -2.70. The number of amides is 1. The molecule has 150 valence electrons. The van der Waals surface area contributed by atoms with E-state index in [2.05, 4.69) is 20.6 Å². The molecule has 0 atom stereocenters. The number of anilines is 2. The van der Waals surface area contributed by atoms with Gasteiger partial charge < -0.3 is 15.5 Å². The number of hydrogen-bond acceptors (Lipinski definition) is 5. The Labute approximate surface area is 165 Å². The van der Waals surface area contributed by atoms with E-state index < -0.39 is 0 Å². The molecule has 2 aromatic rings. The van der Waals surface area contributed by atoms with E-state index in [0.29, 0.717) is 12.5 Å². The number of carbonyl (C=O) groups excluding carboxylic acids is 1. The molecule has 1 heterocycles. The SMILES string of the molecule is Cc1cc(N(C)C)nc(N[C@H]2CC[C@@H](C(=O)NCc3ccc(F)cc3)CC2)n1. The third-order valence-electron chi connectivity index (χ3n) is 5.11. The zero-order chi connectivity index (χ0) is 20.1. The number of hydrogen-bond donors (Lipinski definition) is 2. The fourth-order valence-corrected chi connectivity index (χ4v) is 3.46. The molecule has 3 rings (SSSR count). The van der Waals surface area contributed by atoms with E-state index in [1.165, 1.54) is 12.1 Å². The molecule has 1 aliphatic rings. The predicted molar refractivity (Wildman–Crippen MR) is 109 cm³/mol. The van der Waals surface area contributed by atoms with Crippen molar-refractivity contribution >= 4 is 17.7 Å². The van der Waals surface area contributed by atoms with Gasteiger partial charge in [0.2, 0.25) is 11.9 Å². The van der Waals surface area contributed by atoms with Gasteiger partial charge in [-0.15, -0.1) is 0 Å². The molecule has 1 fully saturated rings. The molecule has 1 aromatic carbocycles. The van der Waals surface area contributed by atoms with E-state index in [0.717, 1.165) is 42.8 Å². The molecule has 1 aromatic heterocycles. The molecule has 0 spiro atoms. The standard InChI is InChI=1S/C21H28FN5O/c1-14-12-19(27(2)3)26-21(24-14)25-18-10-6-16(7-11-18)20(28)23-13-15-4-8-17(22)9-5-15/h4-5,8-9,12,16,18H,6-7,10-11,13H2,1-3H3,(H,23,28)(H,24,25,26)/t16-,18+. The van der Waals surface area contributed by atoms with E-state index in [1.54, 1.807) is 12.1 Å². The van der Waals surface area contributed by atoms with Gasteiger partial charge in [-0.25, -0.2) is 9.37 Å². The first-order chi connectivity index (χ1) is 13.4. The predicted octanol–water partition coefficient (Wildman–Crippen LogP) is 3.28. The minimum absolute atomic E-state index is 0.0225. The first kappa shape index (κ1) is 20.0. The number of aryl methyl sites for hydroxylation is 1. The highest BCUT2D eigenvalue weighted by Crippen LogP contribution is 2.26. The Bertz CT molecular complexity index is 801. The minimum atomic E-state index is -0.267. The summed E-state index contributed by atoms with van der Waals surface area (Å²) in [7, 11) is 3.92. The maximum atomic E-state index is 12.9. The number of nitrogens with one attached hydrogen (secondary N) is 2. The van der Waals surface area contributed by atoms with Crippen molar-refractivity contribution < 1.29 is 9.18 Å². The van der Waals surface area contributed by atoms with Crippen LogP contribution in [0.2, 0.25) is 0 Å². The van der Waals surface area contributed by atoms with Gasteiger partial charge in [-0.05, 0) is 50.3 Å². The van der Waals surface area contributed by atoms with Gasteiger partial charge in [-0.3, -0.25) is 4.79 Å². The lowest BCUT2D eigenvalue weighted by atomic mass is 9.85. The molecule has 0 unspecified atom stereocenters. The molecule has 28 heavy (non-hydrogen) atoms. The highest BCUT2D eigenvalue weighted by Gasteiger charge is 2.26. The summed E-state index contributed by atoms with van der Waals surface area (Å²) in [6.45, 7) is 2.39. The molecule has 0 radical (unpaired) electrons. The van der Waals surface area contributed by atoms with Gasteiger partial charge in [-0.2, -0.15) is 4.98 Å². The lowest BCUT2D eigenvalue weighted by Crippen LogP contribution is -2.36. The first-order valence-corrected chi connectivity index (χ1v) is 9.72. The zero-order valence-electron chi connectivity index (χ0n) is 16.7. The van der Waals surface area contributed by atoms with Crippen LogP contribution in [0.3, 0.4) is 0 Å². The molecule has 2 N–H and O–H groups in total. The molecule has 0 aliphatic heterocycles. The largest absolute Gasteiger partial charge is 0.363 e. The fraction of sp³-hybridized carbons (Fsp3) is 0.476. The number of benzene rings is 1. The van der Waals surface area contributed by atoms with Crippen LogP contribution >= 0.6 is 0 Å². The van der Waals surface area contributed by atoms with Crippen LogP contribution in [-0.2, 0) is 11.3 Å². The third kappa shape index (κ3) is 5.41. The van der Waals surface area contributed by atoms with Crippen LogP contribution in [0.25, 0.3) is 0 Å². The number of nitrogens with zero attached hydrogens (tertiary/aromatic N) is 3. The molecule has 0 saturated heterocycles. The first-order valence-electron chi connectivity index (χ1n) is 9.72. The maximum Gasteiger partial charge on any atom is 0.225 e. The summed E-state index contributed by atoms with van der Waals surface area (Å²) >= 11 is 0. The van der Waals surface area contributed by atoms with Crippen LogP contribution in [0, 0.1) is 18.7 Å². The molecule has 1 amide bonds. The van der Waals surface area contributed by atoms with Gasteiger partial charge in [0.05, 0.1) is 0 Å². The summed E-state index contributed by atoms with van der Waals surface area (Å²) in [5, 5.41) is 6.39. The smallest absolute Gasteiger partial charge is 0.225 e. The van der Waals surface area contributed by atoms with Crippen molar-refractivity contribution in [3.63, 3.8) is 0 Å². The highest BCUT2D eigenvalue weighted by molar-refractivity contribution is 5.78. The van der Waals surface area contributed by atoms with E-state index in [4.69, 9.17) is 0 Å². The van der Waals surface area contributed by atoms with Crippen LogP contribution in [0.5, 0.6) is 0 Å². The summed E-state index contributed by atoms with van der Waals surface area (Å²) < 4.78 is 12.9. The van der Waals surface area contributed by atoms with Gasteiger partial charge in [0.25, 0.3) is 0 Å². The fourth-order valence-electron chi connectivity index (χ4n) is 3.46. The Balaban J connectivity index is 1.47. The summed E-state index contributed by atoms with van der Waals surface area (Å²) in [5.41, 5.74) is 1.83. The number of rotatable bonds is 6. The molecular formula is C21H28FN5O. The number of aromatic nitrogens is 2. The number of carbonyl (C=O) groups is 1.